The second-order valence-electron chi connectivity index (χ2n) is 7.37. The van der Waals surface area contributed by atoms with Crippen LogP contribution in [-0.2, 0) is 0 Å². The Labute approximate surface area is 196 Å². The number of nitro benzene ring substituents is 1. The SMILES string of the molecule is O=C(N=Nc1c(O)[nH]c2ccc([N+](=O)[O-])cc12)c1cc(-c2ccccc2Cl)nc2ccccc12. The molecule has 0 bridgehead atoms. The minimum Gasteiger partial charge on any atom is -0.493 e. The van der Waals surface area contributed by atoms with E-state index in [-0.39, 0.29) is 28.2 Å². The lowest BCUT2D eigenvalue weighted by Gasteiger charge is -2.08. The van der Waals surface area contributed by atoms with Gasteiger partial charge in [-0.3, -0.25) is 14.9 Å². The number of benzene rings is 3. The zero-order chi connectivity index (χ0) is 23.8. The van der Waals surface area contributed by atoms with Crippen molar-refractivity contribution in [2.75, 3.05) is 0 Å². The van der Waals surface area contributed by atoms with Crippen LogP contribution in [0, 0.1) is 10.1 Å². The van der Waals surface area contributed by atoms with E-state index in [0.29, 0.717) is 32.7 Å². The van der Waals surface area contributed by atoms with Crippen molar-refractivity contribution in [3.63, 3.8) is 0 Å². The highest BCUT2D eigenvalue weighted by molar-refractivity contribution is 6.33. The summed E-state index contributed by atoms with van der Waals surface area (Å²) in [5.41, 5.74) is 2.13. The molecule has 9 nitrogen and oxygen atoms in total. The number of carbonyl (C=O) groups excluding carboxylic acids is 1. The van der Waals surface area contributed by atoms with Gasteiger partial charge in [-0.25, -0.2) is 4.98 Å². The number of fused-ring (bicyclic) bond motifs is 2. The smallest absolute Gasteiger partial charge is 0.296 e. The number of amides is 1. The fourth-order valence-electron chi connectivity index (χ4n) is 3.67. The van der Waals surface area contributed by atoms with E-state index in [4.69, 9.17) is 11.6 Å². The first-order chi connectivity index (χ1) is 16.4. The van der Waals surface area contributed by atoms with E-state index in [1.807, 2.05) is 6.07 Å². The Kier molecular flexibility index (Phi) is 5.23. The van der Waals surface area contributed by atoms with Gasteiger partial charge >= 0.3 is 0 Å². The molecular weight excluding hydrogens is 458 g/mol. The van der Waals surface area contributed by atoms with Gasteiger partial charge in [-0.1, -0.05) is 48.0 Å². The van der Waals surface area contributed by atoms with E-state index >= 15 is 0 Å². The first kappa shape index (κ1) is 21.2. The number of rotatable bonds is 4. The molecule has 5 rings (SSSR count). The van der Waals surface area contributed by atoms with Crippen molar-refractivity contribution < 1.29 is 14.8 Å². The first-order valence-electron chi connectivity index (χ1n) is 10.0. The fourth-order valence-corrected chi connectivity index (χ4v) is 3.91. The summed E-state index contributed by atoms with van der Waals surface area (Å²) in [4.78, 5) is 31.0. The van der Waals surface area contributed by atoms with E-state index in [2.05, 4.69) is 20.2 Å². The van der Waals surface area contributed by atoms with Gasteiger partial charge in [-0.05, 0) is 24.3 Å². The van der Waals surface area contributed by atoms with Crippen LogP contribution in [0.2, 0.25) is 5.02 Å². The summed E-state index contributed by atoms with van der Waals surface area (Å²) in [6.45, 7) is 0. The van der Waals surface area contributed by atoms with Crippen LogP contribution in [0.5, 0.6) is 5.88 Å². The van der Waals surface area contributed by atoms with Gasteiger partial charge in [0.05, 0.1) is 27.2 Å². The molecule has 0 radical (unpaired) electrons. The monoisotopic (exact) mass is 471 g/mol. The third-order valence-corrected chi connectivity index (χ3v) is 5.61. The highest BCUT2D eigenvalue weighted by Crippen LogP contribution is 2.37. The number of nitro groups is 1. The average Bonchev–Trinajstić information content (AvgIpc) is 3.16. The Morgan fingerprint density at radius 2 is 1.79 bits per heavy atom. The van der Waals surface area contributed by atoms with Crippen LogP contribution in [0.4, 0.5) is 11.4 Å². The molecule has 2 aromatic heterocycles. The summed E-state index contributed by atoms with van der Waals surface area (Å²) in [5.74, 6) is -1.03. The van der Waals surface area contributed by atoms with Crippen LogP contribution in [-0.4, -0.2) is 25.9 Å². The Balaban J connectivity index is 1.61. The van der Waals surface area contributed by atoms with Crippen molar-refractivity contribution in [3.05, 3.63) is 93.5 Å². The summed E-state index contributed by atoms with van der Waals surface area (Å²) in [7, 11) is 0. The van der Waals surface area contributed by atoms with Gasteiger partial charge < -0.3 is 10.1 Å². The van der Waals surface area contributed by atoms with Crippen LogP contribution in [0.25, 0.3) is 33.1 Å². The summed E-state index contributed by atoms with van der Waals surface area (Å²) < 4.78 is 0. The number of non-ortho nitro benzene ring substituents is 1. The number of nitrogens with zero attached hydrogens (tertiary/aromatic N) is 4. The van der Waals surface area contributed by atoms with Crippen molar-refractivity contribution in [1.29, 1.82) is 0 Å². The molecule has 2 heterocycles. The van der Waals surface area contributed by atoms with Gasteiger partial charge in [0.2, 0.25) is 5.88 Å². The number of aromatic hydroxyl groups is 1. The van der Waals surface area contributed by atoms with E-state index in [9.17, 15) is 20.0 Å². The van der Waals surface area contributed by atoms with Crippen molar-refractivity contribution in [3.8, 4) is 17.1 Å². The Morgan fingerprint density at radius 1 is 1.03 bits per heavy atom. The maximum Gasteiger partial charge on any atom is 0.296 e. The lowest BCUT2D eigenvalue weighted by molar-refractivity contribution is -0.384. The minimum atomic E-state index is -0.675. The van der Waals surface area contributed by atoms with E-state index < -0.39 is 10.8 Å². The highest BCUT2D eigenvalue weighted by atomic mass is 35.5. The number of hydrogen-bond donors (Lipinski definition) is 2. The number of azo groups is 1. The molecule has 34 heavy (non-hydrogen) atoms. The molecule has 1 amide bonds. The molecule has 0 fully saturated rings. The summed E-state index contributed by atoms with van der Waals surface area (Å²) in [6.07, 6.45) is 0. The van der Waals surface area contributed by atoms with E-state index in [1.54, 1.807) is 48.5 Å². The maximum absolute atomic E-state index is 13.1. The summed E-state index contributed by atoms with van der Waals surface area (Å²) >= 11 is 6.33. The van der Waals surface area contributed by atoms with Crippen molar-refractivity contribution in [1.82, 2.24) is 9.97 Å². The number of carbonyl (C=O) groups is 1. The molecular formula is C24H14ClN5O4. The standard InChI is InChI=1S/C24H14ClN5O4/c25-18-7-3-1-6-15(18)21-12-16(14-5-2-4-8-19(14)26-21)23(31)29-28-22-17-11-13(30(33)34)9-10-20(17)27-24(22)32/h1-12,27,32H. The third kappa shape index (κ3) is 3.74. The van der Waals surface area contributed by atoms with Crippen molar-refractivity contribution in [2.24, 2.45) is 10.2 Å². The number of para-hydroxylation sites is 1. The minimum absolute atomic E-state index is 0.0725. The van der Waals surface area contributed by atoms with Crippen LogP contribution < -0.4 is 0 Å². The van der Waals surface area contributed by atoms with Gasteiger partial charge in [-0.2, -0.15) is 0 Å². The molecule has 0 aliphatic rings. The predicted molar refractivity (Wildman–Crippen MR) is 128 cm³/mol. The number of nitrogens with one attached hydrogen (secondary N) is 1. The molecule has 0 aliphatic heterocycles. The fraction of sp³-hybridized carbons (Fsp3) is 0. The summed E-state index contributed by atoms with van der Waals surface area (Å²) in [5, 5.41) is 30.4. The number of H-pyrrole nitrogens is 1. The second-order valence-corrected chi connectivity index (χ2v) is 7.77. The first-order valence-corrected chi connectivity index (χ1v) is 10.4. The van der Waals surface area contributed by atoms with Gasteiger partial charge in [-0.15, -0.1) is 10.2 Å². The van der Waals surface area contributed by atoms with Crippen LogP contribution in [0.1, 0.15) is 10.4 Å². The zero-order valence-corrected chi connectivity index (χ0v) is 18.0. The van der Waals surface area contributed by atoms with Gasteiger partial charge in [0, 0.05) is 33.5 Å². The van der Waals surface area contributed by atoms with Crippen LogP contribution in [0.15, 0.2) is 83.0 Å². The molecule has 2 N–H and O–H groups in total. The van der Waals surface area contributed by atoms with Gasteiger partial charge in [0.25, 0.3) is 11.6 Å². The number of aromatic amines is 1. The molecule has 0 aliphatic carbocycles. The zero-order valence-electron chi connectivity index (χ0n) is 17.3. The van der Waals surface area contributed by atoms with Gasteiger partial charge in [0.15, 0.2) is 5.69 Å². The van der Waals surface area contributed by atoms with Crippen LogP contribution >= 0.6 is 11.6 Å². The topological polar surface area (TPSA) is 134 Å². The molecule has 0 saturated heterocycles. The highest BCUT2D eigenvalue weighted by Gasteiger charge is 2.18. The number of pyridine rings is 1. The van der Waals surface area contributed by atoms with Crippen molar-refractivity contribution in [2.45, 2.75) is 0 Å². The quantitative estimate of drug-likeness (QED) is 0.173. The molecule has 0 spiro atoms. The Bertz CT molecular complexity index is 1640. The lowest BCUT2D eigenvalue weighted by Crippen LogP contribution is -1.99. The van der Waals surface area contributed by atoms with Crippen LogP contribution in [0.3, 0.4) is 0 Å². The molecule has 5 aromatic rings. The molecule has 0 atom stereocenters. The van der Waals surface area contributed by atoms with Gasteiger partial charge in [0.1, 0.15) is 0 Å². The largest absolute Gasteiger partial charge is 0.493 e. The second kappa shape index (κ2) is 8.38. The molecule has 0 saturated carbocycles. The predicted octanol–water partition coefficient (Wildman–Crippen LogP) is 6.57. The Morgan fingerprint density at radius 3 is 2.59 bits per heavy atom. The Hall–Kier alpha value is -4.63. The maximum atomic E-state index is 13.1. The van der Waals surface area contributed by atoms with E-state index in [0.717, 1.165) is 0 Å². The molecule has 166 valence electrons. The number of halogens is 1. The number of hydrogen-bond acceptors (Lipinski definition) is 6. The third-order valence-electron chi connectivity index (χ3n) is 5.28. The lowest BCUT2D eigenvalue weighted by atomic mass is 10.0. The molecule has 3 aromatic carbocycles. The summed E-state index contributed by atoms with van der Waals surface area (Å²) in [6, 6.07) is 19.8. The van der Waals surface area contributed by atoms with E-state index in [1.165, 1.54) is 18.2 Å². The molecule has 10 heteroatoms. The average molecular weight is 472 g/mol. The normalized spacial score (nSPS) is 11.4. The molecule has 0 unspecified atom stereocenters. The number of aromatic nitrogens is 2. The van der Waals surface area contributed by atoms with Crippen molar-refractivity contribution >= 4 is 50.7 Å².